The molecule has 0 N–H and O–H groups in total. The number of nitrogens with zero attached hydrogens (tertiary/aromatic N) is 2. The van der Waals surface area contributed by atoms with Gasteiger partial charge in [0.2, 0.25) is 5.91 Å². The summed E-state index contributed by atoms with van der Waals surface area (Å²) in [6, 6.07) is 25.5. The van der Waals surface area contributed by atoms with Crippen LogP contribution in [-0.2, 0) is 11.4 Å². The SMILES string of the molecule is CC(=O)N(C)c1ccc(N=Cc2ccc(OCc3ccccc3)cc2)cc1. The summed E-state index contributed by atoms with van der Waals surface area (Å²) >= 11 is 0. The first-order chi connectivity index (χ1) is 13.1. The number of hydrogen-bond donors (Lipinski definition) is 0. The lowest BCUT2D eigenvalue weighted by Gasteiger charge is -2.14. The van der Waals surface area contributed by atoms with Crippen LogP contribution in [0.4, 0.5) is 11.4 Å². The minimum atomic E-state index is 0.000763. The largest absolute Gasteiger partial charge is 0.489 e. The summed E-state index contributed by atoms with van der Waals surface area (Å²) in [5.41, 5.74) is 3.82. The minimum Gasteiger partial charge on any atom is -0.489 e. The number of rotatable bonds is 6. The van der Waals surface area contributed by atoms with Crippen molar-refractivity contribution >= 4 is 23.5 Å². The van der Waals surface area contributed by atoms with Gasteiger partial charge in [0.25, 0.3) is 0 Å². The predicted molar refractivity (Wildman–Crippen MR) is 110 cm³/mol. The summed E-state index contributed by atoms with van der Waals surface area (Å²) in [4.78, 5) is 17.5. The molecule has 3 aromatic carbocycles. The van der Waals surface area contributed by atoms with Crippen LogP contribution in [-0.4, -0.2) is 19.2 Å². The molecule has 0 aliphatic rings. The predicted octanol–water partition coefficient (Wildman–Crippen LogP) is 5.00. The number of benzene rings is 3. The maximum absolute atomic E-state index is 11.4. The summed E-state index contributed by atoms with van der Waals surface area (Å²) < 4.78 is 5.79. The number of aliphatic imine (C=N–C) groups is 1. The van der Waals surface area contributed by atoms with E-state index in [-0.39, 0.29) is 5.91 Å². The number of carbonyl (C=O) groups excluding carboxylic acids is 1. The highest BCUT2D eigenvalue weighted by Gasteiger charge is 2.04. The van der Waals surface area contributed by atoms with Crippen LogP contribution in [0, 0.1) is 0 Å². The highest BCUT2D eigenvalue weighted by molar-refractivity contribution is 5.91. The zero-order chi connectivity index (χ0) is 19.1. The van der Waals surface area contributed by atoms with Gasteiger partial charge in [0.05, 0.1) is 5.69 Å². The van der Waals surface area contributed by atoms with E-state index >= 15 is 0 Å². The summed E-state index contributed by atoms with van der Waals surface area (Å²) in [6.45, 7) is 2.09. The Morgan fingerprint density at radius 2 is 1.63 bits per heavy atom. The molecule has 4 heteroatoms. The molecular weight excluding hydrogens is 336 g/mol. The molecular formula is C23H22N2O2. The standard InChI is InChI=1S/C23H22N2O2/c1-18(26)25(2)22-12-10-21(11-13-22)24-16-19-8-14-23(15-9-19)27-17-20-6-4-3-5-7-20/h3-16H,17H2,1-2H3. The Balaban J connectivity index is 1.58. The van der Waals surface area contributed by atoms with E-state index in [0.29, 0.717) is 6.61 Å². The zero-order valence-electron chi connectivity index (χ0n) is 15.5. The summed E-state index contributed by atoms with van der Waals surface area (Å²) in [6.07, 6.45) is 1.81. The van der Waals surface area contributed by atoms with Gasteiger partial charge in [-0.2, -0.15) is 0 Å². The average molecular weight is 358 g/mol. The number of anilines is 1. The molecule has 4 nitrogen and oxygen atoms in total. The molecule has 0 spiro atoms. The molecule has 0 saturated carbocycles. The van der Waals surface area contributed by atoms with Gasteiger partial charge in [-0.1, -0.05) is 30.3 Å². The molecule has 0 aromatic heterocycles. The third-order valence-electron chi connectivity index (χ3n) is 4.20. The molecule has 27 heavy (non-hydrogen) atoms. The van der Waals surface area contributed by atoms with Gasteiger partial charge in [-0.25, -0.2) is 0 Å². The molecule has 136 valence electrons. The third kappa shape index (κ3) is 5.28. The molecule has 3 aromatic rings. The Bertz CT molecular complexity index is 901. The Labute approximate surface area is 159 Å². The maximum atomic E-state index is 11.4. The fraction of sp³-hybridized carbons (Fsp3) is 0.130. The second kappa shape index (κ2) is 8.81. The molecule has 0 fully saturated rings. The fourth-order valence-electron chi connectivity index (χ4n) is 2.48. The van der Waals surface area contributed by atoms with Crippen molar-refractivity contribution in [1.82, 2.24) is 0 Å². The Morgan fingerprint density at radius 3 is 2.26 bits per heavy atom. The lowest BCUT2D eigenvalue weighted by Crippen LogP contribution is -2.22. The molecule has 3 rings (SSSR count). The van der Waals surface area contributed by atoms with Crippen LogP contribution in [0.3, 0.4) is 0 Å². The molecule has 0 aliphatic carbocycles. The van der Waals surface area contributed by atoms with E-state index in [4.69, 9.17) is 4.74 Å². The quantitative estimate of drug-likeness (QED) is 0.582. The summed E-state index contributed by atoms with van der Waals surface area (Å²) in [7, 11) is 1.75. The van der Waals surface area contributed by atoms with Crippen LogP contribution in [0.2, 0.25) is 0 Å². The van der Waals surface area contributed by atoms with Crippen LogP contribution in [0.15, 0.2) is 83.9 Å². The van der Waals surface area contributed by atoms with Gasteiger partial charge in [-0.05, 0) is 59.7 Å². The van der Waals surface area contributed by atoms with Crippen LogP contribution in [0.1, 0.15) is 18.1 Å². The minimum absolute atomic E-state index is 0.000763. The van der Waals surface area contributed by atoms with Gasteiger partial charge >= 0.3 is 0 Å². The molecule has 1 amide bonds. The van der Waals surface area contributed by atoms with E-state index in [2.05, 4.69) is 4.99 Å². The van der Waals surface area contributed by atoms with Crippen molar-refractivity contribution in [2.24, 2.45) is 4.99 Å². The summed E-state index contributed by atoms with van der Waals surface area (Å²) in [5.74, 6) is 0.827. The molecule has 0 heterocycles. The number of carbonyl (C=O) groups is 1. The topological polar surface area (TPSA) is 41.9 Å². The Kier molecular flexibility index (Phi) is 6.00. The van der Waals surface area contributed by atoms with E-state index in [1.807, 2.05) is 85.1 Å². The maximum Gasteiger partial charge on any atom is 0.223 e. The van der Waals surface area contributed by atoms with Gasteiger partial charge in [0.15, 0.2) is 0 Å². The molecule has 0 saturated heterocycles. The first-order valence-corrected chi connectivity index (χ1v) is 8.77. The van der Waals surface area contributed by atoms with E-state index in [1.165, 1.54) is 0 Å². The van der Waals surface area contributed by atoms with E-state index in [1.54, 1.807) is 18.9 Å². The number of ether oxygens (including phenoxy) is 1. The van der Waals surface area contributed by atoms with Crippen LogP contribution in [0.25, 0.3) is 0 Å². The van der Waals surface area contributed by atoms with E-state index in [0.717, 1.165) is 28.3 Å². The normalized spacial score (nSPS) is 10.7. The van der Waals surface area contributed by atoms with Gasteiger partial charge in [0, 0.05) is 25.9 Å². The van der Waals surface area contributed by atoms with Crippen molar-refractivity contribution in [3.8, 4) is 5.75 Å². The van der Waals surface area contributed by atoms with Crippen LogP contribution >= 0.6 is 0 Å². The van der Waals surface area contributed by atoms with Crippen molar-refractivity contribution in [3.63, 3.8) is 0 Å². The molecule has 0 unspecified atom stereocenters. The van der Waals surface area contributed by atoms with E-state index in [9.17, 15) is 4.79 Å². The Morgan fingerprint density at radius 1 is 0.963 bits per heavy atom. The van der Waals surface area contributed by atoms with E-state index < -0.39 is 0 Å². The average Bonchev–Trinajstić information content (AvgIpc) is 2.72. The van der Waals surface area contributed by atoms with Crippen molar-refractivity contribution in [3.05, 3.63) is 90.0 Å². The van der Waals surface area contributed by atoms with Crippen molar-refractivity contribution in [2.45, 2.75) is 13.5 Å². The Hall–Kier alpha value is -3.40. The van der Waals surface area contributed by atoms with Gasteiger partial charge in [0.1, 0.15) is 12.4 Å². The van der Waals surface area contributed by atoms with Crippen LogP contribution < -0.4 is 9.64 Å². The van der Waals surface area contributed by atoms with Crippen molar-refractivity contribution < 1.29 is 9.53 Å². The highest BCUT2D eigenvalue weighted by atomic mass is 16.5. The lowest BCUT2D eigenvalue weighted by atomic mass is 10.2. The second-order valence-corrected chi connectivity index (χ2v) is 6.20. The third-order valence-corrected chi connectivity index (χ3v) is 4.20. The fourth-order valence-corrected chi connectivity index (χ4v) is 2.48. The number of amides is 1. The molecule has 0 aliphatic heterocycles. The first-order valence-electron chi connectivity index (χ1n) is 8.77. The molecule has 0 radical (unpaired) electrons. The molecule has 0 bridgehead atoms. The number of hydrogen-bond acceptors (Lipinski definition) is 3. The second-order valence-electron chi connectivity index (χ2n) is 6.20. The monoisotopic (exact) mass is 358 g/mol. The molecule has 0 atom stereocenters. The van der Waals surface area contributed by atoms with Crippen LogP contribution in [0.5, 0.6) is 5.75 Å². The van der Waals surface area contributed by atoms with Gasteiger partial charge in [-0.15, -0.1) is 0 Å². The van der Waals surface area contributed by atoms with Gasteiger partial charge in [-0.3, -0.25) is 9.79 Å². The van der Waals surface area contributed by atoms with Gasteiger partial charge < -0.3 is 9.64 Å². The highest BCUT2D eigenvalue weighted by Crippen LogP contribution is 2.19. The smallest absolute Gasteiger partial charge is 0.223 e. The lowest BCUT2D eigenvalue weighted by molar-refractivity contribution is -0.116. The summed E-state index contributed by atoms with van der Waals surface area (Å²) in [5, 5.41) is 0. The van der Waals surface area contributed by atoms with Crippen molar-refractivity contribution in [1.29, 1.82) is 0 Å². The van der Waals surface area contributed by atoms with Crippen molar-refractivity contribution in [2.75, 3.05) is 11.9 Å². The zero-order valence-corrected chi connectivity index (χ0v) is 15.5. The first kappa shape index (κ1) is 18.4.